The first-order valence-electron chi connectivity index (χ1n) is 16.4. The van der Waals surface area contributed by atoms with Gasteiger partial charge in [-0.3, -0.25) is 0 Å². The van der Waals surface area contributed by atoms with Crippen molar-refractivity contribution in [2.24, 2.45) is 0 Å². The third kappa shape index (κ3) is 4.57. The third-order valence-corrected chi connectivity index (χ3v) is 9.47. The largest absolute Gasteiger partial charge is 0.456 e. The van der Waals surface area contributed by atoms with Gasteiger partial charge in [0.2, 0.25) is 0 Å². The second-order valence-corrected chi connectivity index (χ2v) is 12.4. The van der Waals surface area contributed by atoms with Crippen molar-refractivity contribution in [1.82, 2.24) is 15.0 Å². The molecule has 2 aromatic heterocycles. The Morgan fingerprint density at radius 1 is 0.327 bits per heavy atom. The van der Waals surface area contributed by atoms with Crippen molar-refractivity contribution in [3.05, 3.63) is 164 Å². The Bertz CT molecular complexity index is 2820. The molecule has 0 saturated heterocycles. The van der Waals surface area contributed by atoms with E-state index in [-0.39, 0.29) is 0 Å². The van der Waals surface area contributed by atoms with Gasteiger partial charge in [-0.05, 0) is 73.8 Å². The molecule has 0 spiro atoms. The molecule has 4 nitrogen and oxygen atoms in total. The van der Waals surface area contributed by atoms with Crippen molar-refractivity contribution in [2.75, 3.05) is 0 Å². The molecule has 0 aliphatic rings. The number of aromatic nitrogens is 3. The molecule has 0 aliphatic carbocycles. The maximum atomic E-state index is 6.55. The van der Waals surface area contributed by atoms with Crippen LogP contribution in [-0.4, -0.2) is 15.0 Å². The maximum absolute atomic E-state index is 6.55. The first kappa shape index (κ1) is 27.5. The predicted octanol–water partition coefficient (Wildman–Crippen LogP) is 11.9. The Morgan fingerprint density at radius 2 is 0.980 bits per heavy atom. The van der Waals surface area contributed by atoms with Crippen LogP contribution in [0.15, 0.2) is 168 Å². The fraction of sp³-hybridized carbons (Fsp3) is 0. The summed E-state index contributed by atoms with van der Waals surface area (Å²) in [6.45, 7) is 0. The van der Waals surface area contributed by atoms with Gasteiger partial charge >= 0.3 is 0 Å². The second kappa shape index (κ2) is 11.0. The number of benzene rings is 8. The van der Waals surface area contributed by atoms with Crippen LogP contribution in [0.5, 0.6) is 0 Å². The van der Waals surface area contributed by atoms with Gasteiger partial charge in [0.15, 0.2) is 17.5 Å². The van der Waals surface area contributed by atoms with E-state index < -0.39 is 0 Å². The van der Waals surface area contributed by atoms with Gasteiger partial charge in [-0.1, -0.05) is 133 Å². The average Bonchev–Trinajstić information content (AvgIpc) is 3.54. The quantitative estimate of drug-likeness (QED) is 0.183. The summed E-state index contributed by atoms with van der Waals surface area (Å²) in [4.78, 5) is 14.9. The molecule has 49 heavy (non-hydrogen) atoms. The third-order valence-electron chi connectivity index (χ3n) is 9.47. The summed E-state index contributed by atoms with van der Waals surface area (Å²) in [5.74, 6) is 1.88. The van der Waals surface area contributed by atoms with Gasteiger partial charge in [-0.2, -0.15) is 0 Å². The van der Waals surface area contributed by atoms with Crippen LogP contribution < -0.4 is 0 Å². The molecule has 4 heteroatoms. The fourth-order valence-electron chi connectivity index (χ4n) is 7.15. The van der Waals surface area contributed by atoms with Crippen molar-refractivity contribution in [2.45, 2.75) is 0 Å². The van der Waals surface area contributed by atoms with Gasteiger partial charge in [0, 0.05) is 27.5 Å². The lowest BCUT2D eigenvalue weighted by molar-refractivity contribution is 0.669. The van der Waals surface area contributed by atoms with E-state index >= 15 is 0 Å². The van der Waals surface area contributed by atoms with Crippen LogP contribution in [0.3, 0.4) is 0 Å². The molecule has 10 aromatic rings. The van der Waals surface area contributed by atoms with E-state index in [4.69, 9.17) is 19.4 Å². The summed E-state index contributed by atoms with van der Waals surface area (Å²) in [7, 11) is 0. The summed E-state index contributed by atoms with van der Waals surface area (Å²) in [5, 5.41) is 9.31. The predicted molar refractivity (Wildman–Crippen MR) is 201 cm³/mol. The molecule has 0 saturated carbocycles. The first-order valence-corrected chi connectivity index (χ1v) is 16.4. The van der Waals surface area contributed by atoms with Crippen LogP contribution in [0.4, 0.5) is 0 Å². The Balaban J connectivity index is 1.16. The molecule has 0 amide bonds. The molecule has 0 atom stereocenters. The highest BCUT2D eigenvalue weighted by Gasteiger charge is 2.19. The van der Waals surface area contributed by atoms with Gasteiger partial charge in [0.1, 0.15) is 11.2 Å². The number of furan rings is 1. The minimum atomic E-state index is 0.611. The Labute approximate surface area is 282 Å². The molecule has 0 aliphatic heterocycles. The smallest absolute Gasteiger partial charge is 0.164 e. The molecular weight excluding hydrogens is 599 g/mol. The first-order chi connectivity index (χ1) is 24.3. The van der Waals surface area contributed by atoms with E-state index in [2.05, 4.69) is 91.0 Å². The summed E-state index contributed by atoms with van der Waals surface area (Å²) in [5.41, 5.74) is 6.82. The average molecular weight is 626 g/mol. The zero-order valence-corrected chi connectivity index (χ0v) is 26.3. The Hall–Kier alpha value is -6.65. The van der Waals surface area contributed by atoms with Crippen LogP contribution in [-0.2, 0) is 0 Å². The minimum absolute atomic E-state index is 0.611. The molecule has 10 rings (SSSR count). The zero-order valence-electron chi connectivity index (χ0n) is 26.3. The summed E-state index contributed by atoms with van der Waals surface area (Å²) in [6.07, 6.45) is 0. The lowest BCUT2D eigenvalue weighted by Crippen LogP contribution is -2.00. The van der Waals surface area contributed by atoms with Gasteiger partial charge in [0.25, 0.3) is 0 Å². The molecule has 228 valence electrons. The lowest BCUT2D eigenvalue weighted by atomic mass is 9.92. The standard InChI is InChI=1S/C45H27N3O/c1-3-12-28(13-4-1)43-46-44(29-14-5-2-6-15-29)48-45(47-43)37-20-11-21-40-42(37)39-25-30-22-23-32(24-33(30)27-41(39)49-40)38-26-31-16-7-8-17-34(31)35-18-9-10-19-36(35)38/h1-27H. The van der Waals surface area contributed by atoms with Gasteiger partial charge in [-0.15, -0.1) is 0 Å². The number of hydrogen-bond donors (Lipinski definition) is 0. The molecule has 0 unspecified atom stereocenters. The Kier molecular flexibility index (Phi) is 6.15. The van der Waals surface area contributed by atoms with Crippen LogP contribution in [0, 0.1) is 0 Å². The maximum Gasteiger partial charge on any atom is 0.164 e. The van der Waals surface area contributed by atoms with E-state index in [1.807, 2.05) is 72.8 Å². The summed E-state index contributed by atoms with van der Waals surface area (Å²) in [6, 6.07) is 57.0. The van der Waals surface area contributed by atoms with E-state index in [1.165, 1.54) is 32.7 Å². The highest BCUT2D eigenvalue weighted by atomic mass is 16.3. The van der Waals surface area contributed by atoms with Gasteiger partial charge in [0.05, 0.1) is 0 Å². The lowest BCUT2D eigenvalue weighted by Gasteiger charge is -2.12. The van der Waals surface area contributed by atoms with Gasteiger partial charge in [-0.25, -0.2) is 15.0 Å². The van der Waals surface area contributed by atoms with Crippen molar-refractivity contribution in [3.63, 3.8) is 0 Å². The SMILES string of the molecule is c1ccc(-c2nc(-c3ccccc3)nc(-c3cccc4oc5cc6cc(-c7cc8ccccc8c8ccccc78)ccc6cc5c34)n2)cc1. The normalized spacial score (nSPS) is 11.7. The summed E-state index contributed by atoms with van der Waals surface area (Å²) >= 11 is 0. The zero-order chi connectivity index (χ0) is 32.3. The van der Waals surface area contributed by atoms with Crippen LogP contribution in [0.2, 0.25) is 0 Å². The molecule has 8 aromatic carbocycles. The molecule has 2 heterocycles. The number of fused-ring (bicyclic) bond motifs is 7. The molecule has 0 N–H and O–H groups in total. The van der Waals surface area contributed by atoms with Crippen molar-refractivity contribution in [1.29, 1.82) is 0 Å². The van der Waals surface area contributed by atoms with Crippen molar-refractivity contribution < 1.29 is 4.42 Å². The molecule has 0 bridgehead atoms. The molecular formula is C45H27N3O. The fourth-order valence-corrected chi connectivity index (χ4v) is 7.15. The number of nitrogens with zero attached hydrogens (tertiary/aromatic N) is 3. The van der Waals surface area contributed by atoms with Crippen molar-refractivity contribution >= 4 is 54.3 Å². The molecule has 0 fully saturated rings. The Morgan fingerprint density at radius 3 is 1.73 bits per heavy atom. The van der Waals surface area contributed by atoms with E-state index in [0.29, 0.717) is 17.5 Å². The minimum Gasteiger partial charge on any atom is -0.456 e. The second-order valence-electron chi connectivity index (χ2n) is 12.4. The van der Waals surface area contributed by atoms with E-state index in [0.717, 1.165) is 49.4 Å². The van der Waals surface area contributed by atoms with Crippen LogP contribution in [0.25, 0.3) is 99.5 Å². The van der Waals surface area contributed by atoms with Crippen LogP contribution in [0.1, 0.15) is 0 Å². The monoisotopic (exact) mass is 625 g/mol. The highest BCUT2D eigenvalue weighted by molar-refractivity contribution is 6.17. The number of hydrogen-bond acceptors (Lipinski definition) is 4. The van der Waals surface area contributed by atoms with E-state index in [9.17, 15) is 0 Å². The topological polar surface area (TPSA) is 51.8 Å². The number of rotatable bonds is 4. The van der Waals surface area contributed by atoms with Gasteiger partial charge < -0.3 is 4.42 Å². The molecule has 0 radical (unpaired) electrons. The summed E-state index contributed by atoms with van der Waals surface area (Å²) < 4.78 is 6.55. The van der Waals surface area contributed by atoms with Crippen molar-refractivity contribution in [3.8, 4) is 45.3 Å². The highest BCUT2D eigenvalue weighted by Crippen LogP contribution is 2.40. The van der Waals surface area contributed by atoms with Crippen LogP contribution >= 0.6 is 0 Å². The van der Waals surface area contributed by atoms with E-state index in [1.54, 1.807) is 0 Å².